The summed E-state index contributed by atoms with van der Waals surface area (Å²) in [6, 6.07) is 6.75. The number of imide groups is 1. The summed E-state index contributed by atoms with van der Waals surface area (Å²) in [7, 11) is 0. The van der Waals surface area contributed by atoms with Crippen LogP contribution in [0.25, 0.3) is 0 Å². The van der Waals surface area contributed by atoms with Gasteiger partial charge in [-0.1, -0.05) is 12.1 Å². The first-order valence-corrected chi connectivity index (χ1v) is 7.89. The second-order valence-electron chi connectivity index (χ2n) is 6.35. The summed E-state index contributed by atoms with van der Waals surface area (Å²) in [5, 5.41) is 12.0. The van der Waals surface area contributed by atoms with Crippen LogP contribution >= 0.6 is 0 Å². The summed E-state index contributed by atoms with van der Waals surface area (Å²) in [5.74, 6) is -0.687. The third-order valence-corrected chi connectivity index (χ3v) is 4.62. The highest BCUT2D eigenvalue weighted by molar-refractivity contribution is 6.21. The Labute approximate surface area is 134 Å². The molecular formula is C17H20N2O4. The first-order chi connectivity index (χ1) is 11.1. The molecule has 0 aromatic heterocycles. The van der Waals surface area contributed by atoms with Crippen molar-refractivity contribution in [2.75, 3.05) is 19.7 Å². The quantitative estimate of drug-likeness (QED) is 0.733. The van der Waals surface area contributed by atoms with Crippen LogP contribution in [0.15, 0.2) is 24.3 Å². The highest BCUT2D eigenvalue weighted by atomic mass is 16.3. The number of benzene rings is 1. The first kappa shape index (κ1) is 15.7. The lowest BCUT2D eigenvalue weighted by Crippen LogP contribution is -2.34. The maximum Gasteiger partial charge on any atom is 0.261 e. The van der Waals surface area contributed by atoms with E-state index >= 15 is 0 Å². The van der Waals surface area contributed by atoms with Crippen molar-refractivity contribution in [1.82, 2.24) is 10.2 Å². The van der Waals surface area contributed by atoms with Crippen molar-refractivity contribution in [3.8, 4) is 0 Å². The lowest BCUT2D eigenvalue weighted by Gasteiger charge is -2.15. The van der Waals surface area contributed by atoms with Crippen molar-refractivity contribution in [2.45, 2.75) is 25.7 Å². The van der Waals surface area contributed by atoms with Crippen LogP contribution in [0.4, 0.5) is 0 Å². The van der Waals surface area contributed by atoms with Crippen LogP contribution in [0.1, 0.15) is 46.4 Å². The van der Waals surface area contributed by atoms with Gasteiger partial charge in [0.25, 0.3) is 11.8 Å². The zero-order valence-corrected chi connectivity index (χ0v) is 12.9. The molecule has 0 bridgehead atoms. The molecule has 0 atom stereocenters. The molecule has 0 radical (unpaired) electrons. The monoisotopic (exact) mass is 316 g/mol. The van der Waals surface area contributed by atoms with Crippen LogP contribution in [0.2, 0.25) is 0 Å². The number of carbonyl (C=O) groups excluding carboxylic acids is 3. The van der Waals surface area contributed by atoms with Gasteiger partial charge < -0.3 is 10.4 Å². The molecule has 3 amide bonds. The maximum absolute atomic E-state index is 12.2. The fraction of sp³-hybridized carbons (Fsp3) is 0.471. The highest BCUT2D eigenvalue weighted by Crippen LogP contribution is 2.44. The molecule has 3 rings (SSSR count). The van der Waals surface area contributed by atoms with Crippen molar-refractivity contribution in [3.05, 3.63) is 35.4 Å². The molecule has 1 aromatic carbocycles. The summed E-state index contributed by atoms with van der Waals surface area (Å²) in [5.41, 5.74) is 0.749. The molecule has 122 valence electrons. The standard InChI is InChI=1S/C17H20N2O4/c20-11-17(7-8-17)10-18-14(21)6-3-9-19-15(22)12-4-1-2-5-13(12)16(19)23/h1-2,4-5,20H,3,6-11H2,(H,18,21). The Bertz CT molecular complexity index is 617. The Morgan fingerprint density at radius 3 is 2.30 bits per heavy atom. The van der Waals surface area contributed by atoms with Crippen LogP contribution in [-0.4, -0.2) is 47.4 Å². The smallest absolute Gasteiger partial charge is 0.261 e. The number of hydrogen-bond donors (Lipinski definition) is 2. The van der Waals surface area contributed by atoms with E-state index in [9.17, 15) is 19.5 Å². The van der Waals surface area contributed by atoms with E-state index in [-0.39, 0.29) is 42.7 Å². The lowest BCUT2D eigenvalue weighted by molar-refractivity contribution is -0.121. The van der Waals surface area contributed by atoms with E-state index in [0.29, 0.717) is 24.1 Å². The van der Waals surface area contributed by atoms with Crippen molar-refractivity contribution in [2.24, 2.45) is 5.41 Å². The van der Waals surface area contributed by atoms with Gasteiger partial charge in [0.2, 0.25) is 5.91 Å². The number of amides is 3. The third-order valence-electron chi connectivity index (χ3n) is 4.62. The molecule has 1 fully saturated rings. The number of hydrogen-bond acceptors (Lipinski definition) is 4. The molecule has 0 saturated heterocycles. The van der Waals surface area contributed by atoms with Crippen LogP contribution < -0.4 is 5.32 Å². The number of aliphatic hydroxyl groups is 1. The Morgan fingerprint density at radius 1 is 1.17 bits per heavy atom. The normalized spacial score (nSPS) is 18.0. The van der Waals surface area contributed by atoms with Gasteiger partial charge in [-0.15, -0.1) is 0 Å². The molecule has 6 nitrogen and oxygen atoms in total. The number of nitrogens with zero attached hydrogens (tertiary/aromatic N) is 1. The SMILES string of the molecule is O=C(CCCN1C(=O)c2ccccc2C1=O)NCC1(CO)CC1. The minimum atomic E-state index is -0.289. The van der Waals surface area contributed by atoms with Crippen molar-refractivity contribution < 1.29 is 19.5 Å². The van der Waals surface area contributed by atoms with Gasteiger partial charge in [-0.25, -0.2) is 0 Å². The molecule has 6 heteroatoms. The number of carbonyl (C=O) groups is 3. The van der Waals surface area contributed by atoms with Gasteiger partial charge >= 0.3 is 0 Å². The topological polar surface area (TPSA) is 86.7 Å². The van der Waals surface area contributed by atoms with Crippen LogP contribution in [0, 0.1) is 5.41 Å². The van der Waals surface area contributed by atoms with E-state index in [1.165, 1.54) is 4.90 Å². The van der Waals surface area contributed by atoms with Crippen molar-refractivity contribution >= 4 is 17.7 Å². The number of rotatable bonds is 7. The maximum atomic E-state index is 12.2. The summed E-state index contributed by atoms with van der Waals surface area (Å²) in [4.78, 5) is 37.3. The minimum absolute atomic E-state index is 0.0995. The van der Waals surface area contributed by atoms with Gasteiger partial charge in [-0.05, 0) is 31.4 Å². The van der Waals surface area contributed by atoms with Gasteiger partial charge in [0.1, 0.15) is 0 Å². The first-order valence-electron chi connectivity index (χ1n) is 7.89. The zero-order valence-electron chi connectivity index (χ0n) is 12.9. The van der Waals surface area contributed by atoms with Gasteiger partial charge in [0.05, 0.1) is 17.7 Å². The predicted octanol–water partition coefficient (Wildman–Crippen LogP) is 0.951. The van der Waals surface area contributed by atoms with Gasteiger partial charge in [0.15, 0.2) is 0 Å². The van der Waals surface area contributed by atoms with E-state index in [1.807, 2.05) is 0 Å². The second-order valence-corrected chi connectivity index (χ2v) is 6.35. The molecule has 0 unspecified atom stereocenters. The van der Waals surface area contributed by atoms with E-state index < -0.39 is 0 Å². The van der Waals surface area contributed by atoms with Crippen LogP contribution in [-0.2, 0) is 4.79 Å². The van der Waals surface area contributed by atoms with E-state index in [4.69, 9.17) is 0 Å². The summed E-state index contributed by atoms with van der Waals surface area (Å²) < 4.78 is 0. The third kappa shape index (κ3) is 3.12. The summed E-state index contributed by atoms with van der Waals surface area (Å²) in [6.45, 7) is 0.836. The van der Waals surface area contributed by atoms with Crippen molar-refractivity contribution in [3.63, 3.8) is 0 Å². The Kier molecular flexibility index (Phi) is 4.17. The van der Waals surface area contributed by atoms with Gasteiger partial charge in [-0.3, -0.25) is 19.3 Å². The Balaban J connectivity index is 1.45. The van der Waals surface area contributed by atoms with Crippen molar-refractivity contribution in [1.29, 1.82) is 0 Å². The van der Waals surface area contributed by atoms with E-state index in [0.717, 1.165) is 12.8 Å². The van der Waals surface area contributed by atoms with Crippen LogP contribution in [0.3, 0.4) is 0 Å². The molecule has 1 aromatic rings. The molecule has 2 aliphatic rings. The molecule has 1 heterocycles. The number of aliphatic hydroxyl groups excluding tert-OH is 1. The summed E-state index contributed by atoms with van der Waals surface area (Å²) in [6.07, 6.45) is 2.58. The van der Waals surface area contributed by atoms with Crippen LogP contribution in [0.5, 0.6) is 0 Å². The molecule has 1 aliphatic carbocycles. The molecule has 2 N–H and O–H groups in total. The lowest BCUT2D eigenvalue weighted by atomic mass is 10.1. The molecular weight excluding hydrogens is 296 g/mol. The Morgan fingerprint density at radius 2 is 1.78 bits per heavy atom. The zero-order chi connectivity index (χ0) is 16.4. The largest absolute Gasteiger partial charge is 0.396 e. The van der Waals surface area contributed by atoms with E-state index in [1.54, 1.807) is 24.3 Å². The number of fused-ring (bicyclic) bond motifs is 1. The number of nitrogens with one attached hydrogen (secondary N) is 1. The molecule has 23 heavy (non-hydrogen) atoms. The molecule has 1 aliphatic heterocycles. The predicted molar refractivity (Wildman–Crippen MR) is 82.8 cm³/mol. The van der Waals surface area contributed by atoms with Gasteiger partial charge in [-0.2, -0.15) is 0 Å². The fourth-order valence-electron chi connectivity index (χ4n) is 2.78. The molecule has 0 spiro atoms. The second kappa shape index (κ2) is 6.12. The van der Waals surface area contributed by atoms with E-state index in [2.05, 4.69) is 5.32 Å². The van der Waals surface area contributed by atoms with Gasteiger partial charge in [0, 0.05) is 24.9 Å². The summed E-state index contributed by atoms with van der Waals surface area (Å²) >= 11 is 0. The molecule has 1 saturated carbocycles. The fourth-order valence-corrected chi connectivity index (χ4v) is 2.78. The highest BCUT2D eigenvalue weighted by Gasteiger charge is 2.42. The minimum Gasteiger partial charge on any atom is -0.396 e. The average molecular weight is 316 g/mol. The average Bonchev–Trinajstić information content (AvgIpc) is 3.32. The Hall–Kier alpha value is -2.21.